The van der Waals surface area contributed by atoms with Gasteiger partial charge in [-0.15, -0.1) is 11.3 Å². The average Bonchev–Trinajstić information content (AvgIpc) is 3.28. The van der Waals surface area contributed by atoms with Crippen molar-refractivity contribution in [2.24, 2.45) is 4.99 Å². The molecule has 7 heteroatoms. The zero-order chi connectivity index (χ0) is 19.2. The maximum absolute atomic E-state index is 5.62. The fraction of sp³-hybridized carbons (Fsp3) is 0.350. The summed E-state index contributed by atoms with van der Waals surface area (Å²) in [6, 6.07) is 8.18. The van der Waals surface area contributed by atoms with E-state index in [4.69, 9.17) is 4.42 Å². The lowest BCUT2D eigenvalue weighted by Gasteiger charge is -2.21. The first-order chi connectivity index (χ1) is 13.0. The number of nitrogens with zero attached hydrogens (tertiary/aromatic N) is 4. The van der Waals surface area contributed by atoms with Crippen molar-refractivity contribution in [3.05, 3.63) is 57.9 Å². The molecule has 0 aliphatic heterocycles. The number of hydrogen-bond donors (Lipinski definition) is 1. The van der Waals surface area contributed by atoms with Crippen LogP contribution in [0, 0.1) is 13.8 Å². The third-order valence-corrected chi connectivity index (χ3v) is 4.98. The topological polar surface area (TPSA) is 66.6 Å². The summed E-state index contributed by atoms with van der Waals surface area (Å²) in [6.45, 7) is 5.54. The van der Waals surface area contributed by atoms with E-state index >= 15 is 0 Å². The molecule has 6 nitrogen and oxygen atoms in total. The summed E-state index contributed by atoms with van der Waals surface area (Å²) in [7, 11) is 3.80. The SMILES string of the molecule is CN=C(NCCc1coc(-c2ccc(C)cc2)n1)N(C)Cc1csc(C)n1. The number of thiazole rings is 1. The predicted octanol–water partition coefficient (Wildman–Crippen LogP) is 3.66. The largest absolute Gasteiger partial charge is 0.444 e. The molecular weight excluding hydrogens is 358 g/mol. The van der Waals surface area contributed by atoms with Crippen molar-refractivity contribution in [2.75, 3.05) is 20.6 Å². The Morgan fingerprint density at radius 3 is 2.63 bits per heavy atom. The van der Waals surface area contributed by atoms with Gasteiger partial charge < -0.3 is 14.6 Å². The van der Waals surface area contributed by atoms with Crippen LogP contribution in [0.25, 0.3) is 11.5 Å². The van der Waals surface area contributed by atoms with Gasteiger partial charge in [-0.2, -0.15) is 0 Å². The Hall–Kier alpha value is -2.67. The van der Waals surface area contributed by atoms with Crippen molar-refractivity contribution in [1.29, 1.82) is 0 Å². The van der Waals surface area contributed by atoms with Crippen LogP contribution in [0.1, 0.15) is 22.0 Å². The molecule has 142 valence electrons. The number of oxazole rings is 1. The number of hydrogen-bond acceptors (Lipinski definition) is 5. The summed E-state index contributed by atoms with van der Waals surface area (Å²) in [5, 5.41) is 6.54. The summed E-state index contributed by atoms with van der Waals surface area (Å²) < 4.78 is 5.62. The van der Waals surface area contributed by atoms with Gasteiger partial charge in [0.15, 0.2) is 5.96 Å². The Bertz CT molecular complexity index is 897. The summed E-state index contributed by atoms with van der Waals surface area (Å²) >= 11 is 1.67. The molecule has 0 fully saturated rings. The van der Waals surface area contributed by atoms with Gasteiger partial charge in [0, 0.05) is 38.0 Å². The van der Waals surface area contributed by atoms with E-state index in [1.807, 2.05) is 26.1 Å². The molecule has 0 saturated carbocycles. The van der Waals surface area contributed by atoms with E-state index in [9.17, 15) is 0 Å². The van der Waals surface area contributed by atoms with Gasteiger partial charge in [0.25, 0.3) is 0 Å². The molecule has 0 amide bonds. The molecule has 2 aromatic heterocycles. The minimum absolute atomic E-state index is 0.658. The van der Waals surface area contributed by atoms with Crippen molar-refractivity contribution >= 4 is 17.3 Å². The standard InChI is InChI=1S/C20H25N5OS/c1-14-5-7-16(8-6-14)19-24-17(12-26-19)9-10-22-20(21-3)25(4)11-18-13-27-15(2)23-18/h5-8,12-13H,9-11H2,1-4H3,(H,21,22). The molecule has 0 spiro atoms. The highest BCUT2D eigenvalue weighted by molar-refractivity contribution is 7.09. The van der Waals surface area contributed by atoms with Gasteiger partial charge in [-0.25, -0.2) is 9.97 Å². The molecule has 0 radical (unpaired) electrons. The Kier molecular flexibility index (Phi) is 6.24. The molecule has 27 heavy (non-hydrogen) atoms. The smallest absolute Gasteiger partial charge is 0.226 e. The van der Waals surface area contributed by atoms with Crippen molar-refractivity contribution in [1.82, 2.24) is 20.2 Å². The quantitative estimate of drug-likeness (QED) is 0.520. The van der Waals surface area contributed by atoms with Crippen molar-refractivity contribution < 1.29 is 4.42 Å². The van der Waals surface area contributed by atoms with Gasteiger partial charge in [0.2, 0.25) is 5.89 Å². The predicted molar refractivity (Wildman–Crippen MR) is 110 cm³/mol. The fourth-order valence-corrected chi connectivity index (χ4v) is 3.34. The fourth-order valence-electron chi connectivity index (χ4n) is 2.74. The van der Waals surface area contributed by atoms with Crippen LogP contribution in [-0.2, 0) is 13.0 Å². The highest BCUT2D eigenvalue weighted by Gasteiger charge is 2.10. The molecule has 0 unspecified atom stereocenters. The molecule has 0 atom stereocenters. The van der Waals surface area contributed by atoms with E-state index in [1.165, 1.54) is 5.56 Å². The van der Waals surface area contributed by atoms with Gasteiger partial charge in [0.1, 0.15) is 6.26 Å². The Morgan fingerprint density at radius 1 is 1.19 bits per heavy atom. The van der Waals surface area contributed by atoms with Crippen molar-refractivity contribution in [3.63, 3.8) is 0 Å². The van der Waals surface area contributed by atoms with Crippen LogP contribution in [0.5, 0.6) is 0 Å². The minimum Gasteiger partial charge on any atom is -0.444 e. The van der Waals surface area contributed by atoms with E-state index in [1.54, 1.807) is 24.6 Å². The van der Waals surface area contributed by atoms with Gasteiger partial charge in [0.05, 0.1) is 22.9 Å². The zero-order valence-corrected chi connectivity index (χ0v) is 17.0. The first-order valence-electron chi connectivity index (χ1n) is 8.89. The number of aromatic nitrogens is 2. The maximum atomic E-state index is 5.62. The first kappa shape index (κ1) is 19.1. The van der Waals surface area contributed by atoms with Crippen LogP contribution in [-0.4, -0.2) is 41.5 Å². The minimum atomic E-state index is 0.658. The first-order valence-corrected chi connectivity index (χ1v) is 9.77. The molecule has 0 saturated heterocycles. The lowest BCUT2D eigenvalue weighted by Crippen LogP contribution is -2.39. The summed E-state index contributed by atoms with van der Waals surface area (Å²) in [5.74, 6) is 1.49. The Labute approximate surface area is 164 Å². The average molecular weight is 384 g/mol. The highest BCUT2D eigenvalue weighted by atomic mass is 32.1. The molecule has 3 rings (SSSR count). The van der Waals surface area contributed by atoms with Crippen LogP contribution in [0.4, 0.5) is 0 Å². The van der Waals surface area contributed by atoms with Crippen LogP contribution in [0.3, 0.4) is 0 Å². The lowest BCUT2D eigenvalue weighted by molar-refractivity contribution is 0.471. The second kappa shape index (κ2) is 8.81. The van der Waals surface area contributed by atoms with Crippen molar-refractivity contribution in [2.45, 2.75) is 26.8 Å². The number of guanidine groups is 1. The van der Waals surface area contributed by atoms with Crippen LogP contribution < -0.4 is 5.32 Å². The monoisotopic (exact) mass is 383 g/mol. The second-order valence-corrected chi connectivity index (χ2v) is 7.51. The number of rotatable bonds is 6. The van der Waals surface area contributed by atoms with Crippen molar-refractivity contribution in [3.8, 4) is 11.5 Å². The van der Waals surface area contributed by atoms with Crippen LogP contribution >= 0.6 is 11.3 Å². The number of nitrogens with one attached hydrogen (secondary N) is 1. The lowest BCUT2D eigenvalue weighted by atomic mass is 10.1. The Balaban J connectivity index is 1.51. The number of aliphatic imine (C=N–C) groups is 1. The molecule has 0 aliphatic carbocycles. The van der Waals surface area contributed by atoms with Crippen LogP contribution in [0.15, 0.2) is 45.3 Å². The van der Waals surface area contributed by atoms with Crippen LogP contribution in [0.2, 0.25) is 0 Å². The molecule has 0 aliphatic rings. The number of benzene rings is 1. The maximum Gasteiger partial charge on any atom is 0.226 e. The molecule has 2 heterocycles. The van der Waals surface area contributed by atoms with E-state index in [0.29, 0.717) is 5.89 Å². The van der Waals surface area contributed by atoms with E-state index in [0.717, 1.165) is 47.4 Å². The summed E-state index contributed by atoms with van der Waals surface area (Å²) in [4.78, 5) is 15.5. The third kappa shape index (κ3) is 5.17. The third-order valence-electron chi connectivity index (χ3n) is 4.15. The molecular formula is C20H25N5OS. The molecule has 0 bridgehead atoms. The molecule has 1 N–H and O–H groups in total. The summed E-state index contributed by atoms with van der Waals surface area (Å²) in [5.41, 5.74) is 4.19. The van der Waals surface area contributed by atoms with E-state index in [-0.39, 0.29) is 0 Å². The number of aryl methyl sites for hydroxylation is 2. The Morgan fingerprint density at radius 2 is 1.96 bits per heavy atom. The summed E-state index contributed by atoms with van der Waals surface area (Å²) in [6.07, 6.45) is 2.49. The second-order valence-electron chi connectivity index (χ2n) is 6.45. The van der Waals surface area contributed by atoms with E-state index < -0.39 is 0 Å². The molecule has 1 aromatic carbocycles. The van der Waals surface area contributed by atoms with E-state index in [2.05, 4.69) is 49.6 Å². The molecule has 3 aromatic rings. The normalized spacial score (nSPS) is 11.6. The van der Waals surface area contributed by atoms with Gasteiger partial charge in [-0.05, 0) is 26.0 Å². The highest BCUT2D eigenvalue weighted by Crippen LogP contribution is 2.19. The van der Waals surface area contributed by atoms with Gasteiger partial charge >= 0.3 is 0 Å². The van der Waals surface area contributed by atoms with Gasteiger partial charge in [-0.1, -0.05) is 17.7 Å². The zero-order valence-electron chi connectivity index (χ0n) is 16.2. The van der Waals surface area contributed by atoms with Gasteiger partial charge in [-0.3, -0.25) is 4.99 Å².